The van der Waals surface area contributed by atoms with E-state index in [0.717, 1.165) is 31.1 Å². The molecule has 2 aliphatic rings. The van der Waals surface area contributed by atoms with Crippen LogP contribution in [0.4, 0.5) is 0 Å². The first kappa shape index (κ1) is 15.3. The predicted molar refractivity (Wildman–Crippen MR) is 91.4 cm³/mol. The molecule has 1 aromatic heterocycles. The number of nitrogens with one attached hydrogen (secondary N) is 1. The van der Waals surface area contributed by atoms with Crippen LogP contribution >= 0.6 is 0 Å². The summed E-state index contributed by atoms with van der Waals surface area (Å²) in [5, 5.41) is 8.60. The van der Waals surface area contributed by atoms with Gasteiger partial charge in [-0.2, -0.15) is 5.10 Å². The highest BCUT2D eigenvalue weighted by Gasteiger charge is 2.53. The lowest BCUT2D eigenvalue weighted by atomic mass is 9.50. The Balaban J connectivity index is 1.31. The van der Waals surface area contributed by atoms with Crippen LogP contribution in [0.3, 0.4) is 0 Å². The highest BCUT2D eigenvalue weighted by molar-refractivity contribution is 5.80. The second-order valence-electron chi connectivity index (χ2n) is 7.32. The molecule has 0 bridgehead atoms. The van der Waals surface area contributed by atoms with E-state index < -0.39 is 0 Å². The molecule has 0 unspecified atom stereocenters. The third kappa shape index (κ3) is 2.60. The second-order valence-corrected chi connectivity index (χ2v) is 7.32. The van der Waals surface area contributed by atoms with Crippen LogP contribution in [-0.2, 0) is 11.3 Å². The average Bonchev–Trinajstić information content (AvgIpc) is 2.51. The lowest BCUT2D eigenvalue weighted by Gasteiger charge is -2.56. The Labute approximate surface area is 140 Å². The van der Waals surface area contributed by atoms with Gasteiger partial charge in [-0.25, -0.2) is 4.68 Å². The fourth-order valence-corrected chi connectivity index (χ4v) is 4.27. The molecule has 0 atom stereocenters. The number of amides is 1. The predicted octanol–water partition coefficient (Wildman–Crippen LogP) is 1.03. The maximum Gasteiger partial charge on any atom is 0.274 e. The van der Waals surface area contributed by atoms with Crippen molar-refractivity contribution in [3.8, 4) is 0 Å². The van der Waals surface area contributed by atoms with Crippen molar-refractivity contribution in [1.29, 1.82) is 0 Å². The number of fused-ring (bicyclic) bond motifs is 1. The minimum atomic E-state index is -0.117. The minimum absolute atomic E-state index is 0.0925. The van der Waals surface area contributed by atoms with Crippen molar-refractivity contribution in [2.24, 2.45) is 17.1 Å². The molecule has 0 aliphatic heterocycles. The Morgan fingerprint density at radius 2 is 2.04 bits per heavy atom. The molecule has 4 rings (SSSR count). The summed E-state index contributed by atoms with van der Waals surface area (Å²) in [4.78, 5) is 24.5. The van der Waals surface area contributed by atoms with Crippen molar-refractivity contribution in [2.75, 3.05) is 6.54 Å². The summed E-state index contributed by atoms with van der Waals surface area (Å²) in [5.74, 6) is 0.203. The summed E-state index contributed by atoms with van der Waals surface area (Å²) in [6.45, 7) is 0.811. The van der Waals surface area contributed by atoms with Gasteiger partial charge in [0, 0.05) is 23.9 Å². The molecular formula is C18H22N4O2. The molecule has 2 aromatic rings. The molecule has 0 radical (unpaired) electrons. The molecule has 1 amide bonds. The van der Waals surface area contributed by atoms with E-state index in [0.29, 0.717) is 29.9 Å². The highest BCUT2D eigenvalue weighted by atomic mass is 16.2. The number of hydrogen-bond acceptors (Lipinski definition) is 4. The van der Waals surface area contributed by atoms with Gasteiger partial charge in [0.05, 0.1) is 18.1 Å². The second kappa shape index (κ2) is 5.70. The summed E-state index contributed by atoms with van der Waals surface area (Å²) in [6.07, 6.45) is 5.73. The molecule has 2 aliphatic carbocycles. The molecule has 1 heterocycles. The number of hydrogen-bond donors (Lipinski definition) is 2. The SMILES string of the molecule is NC1CC2(C1)CC(C(=O)NCCn1ncc3ccccc3c1=O)C2. The summed E-state index contributed by atoms with van der Waals surface area (Å²) >= 11 is 0. The third-order valence-electron chi connectivity index (χ3n) is 5.50. The van der Waals surface area contributed by atoms with Crippen molar-refractivity contribution in [3.05, 3.63) is 40.8 Å². The van der Waals surface area contributed by atoms with E-state index in [1.807, 2.05) is 18.2 Å². The fourth-order valence-electron chi connectivity index (χ4n) is 4.27. The molecule has 2 fully saturated rings. The van der Waals surface area contributed by atoms with Crippen molar-refractivity contribution in [1.82, 2.24) is 15.1 Å². The Hall–Kier alpha value is -2.21. The normalized spacial score (nSPS) is 28.4. The van der Waals surface area contributed by atoms with Gasteiger partial charge in [-0.15, -0.1) is 0 Å². The van der Waals surface area contributed by atoms with Crippen LogP contribution in [0.2, 0.25) is 0 Å². The van der Waals surface area contributed by atoms with Gasteiger partial charge in [0.1, 0.15) is 0 Å². The van der Waals surface area contributed by atoms with Crippen LogP contribution in [0.1, 0.15) is 25.7 Å². The van der Waals surface area contributed by atoms with Crippen LogP contribution in [0, 0.1) is 11.3 Å². The van der Waals surface area contributed by atoms with Gasteiger partial charge < -0.3 is 11.1 Å². The minimum Gasteiger partial charge on any atom is -0.354 e. The van der Waals surface area contributed by atoms with Gasteiger partial charge in [0.2, 0.25) is 5.91 Å². The Kier molecular flexibility index (Phi) is 3.64. The highest BCUT2D eigenvalue weighted by Crippen LogP contribution is 2.58. The fraction of sp³-hybridized carbons (Fsp3) is 0.500. The van der Waals surface area contributed by atoms with Crippen LogP contribution in [-0.4, -0.2) is 28.3 Å². The summed E-state index contributed by atoms with van der Waals surface area (Å²) in [5.41, 5.74) is 6.09. The van der Waals surface area contributed by atoms with Crippen molar-refractivity contribution in [3.63, 3.8) is 0 Å². The molecule has 6 nitrogen and oxygen atoms in total. The van der Waals surface area contributed by atoms with Gasteiger partial charge in [-0.3, -0.25) is 9.59 Å². The third-order valence-corrected chi connectivity index (χ3v) is 5.50. The first-order valence-corrected chi connectivity index (χ1v) is 8.55. The van der Waals surface area contributed by atoms with E-state index in [-0.39, 0.29) is 17.4 Å². The van der Waals surface area contributed by atoms with Crippen LogP contribution in [0.15, 0.2) is 35.3 Å². The van der Waals surface area contributed by atoms with Gasteiger partial charge >= 0.3 is 0 Å². The van der Waals surface area contributed by atoms with Crippen LogP contribution in [0.5, 0.6) is 0 Å². The monoisotopic (exact) mass is 326 g/mol. The van der Waals surface area contributed by atoms with Crippen molar-refractivity contribution in [2.45, 2.75) is 38.3 Å². The van der Waals surface area contributed by atoms with Gasteiger partial charge in [0.15, 0.2) is 0 Å². The Morgan fingerprint density at radius 1 is 1.29 bits per heavy atom. The lowest BCUT2D eigenvalue weighted by molar-refractivity contribution is -0.137. The molecule has 2 saturated carbocycles. The standard InChI is InChI=1S/C18H22N4O2/c19-14-9-18(10-14)7-13(8-18)16(23)20-5-6-22-17(24)15-4-2-1-3-12(15)11-21-22/h1-4,11,13-14H,5-10,19H2,(H,20,23). The number of carbonyl (C=O) groups excluding carboxylic acids is 1. The van der Waals surface area contributed by atoms with Crippen molar-refractivity contribution < 1.29 is 4.79 Å². The topological polar surface area (TPSA) is 90.0 Å². The van der Waals surface area contributed by atoms with E-state index in [9.17, 15) is 9.59 Å². The number of rotatable bonds is 4. The molecule has 0 saturated heterocycles. The Morgan fingerprint density at radius 3 is 2.79 bits per heavy atom. The zero-order valence-electron chi connectivity index (χ0n) is 13.6. The lowest BCUT2D eigenvalue weighted by Crippen LogP contribution is -2.56. The summed E-state index contributed by atoms with van der Waals surface area (Å²) in [6, 6.07) is 7.73. The van der Waals surface area contributed by atoms with Crippen LogP contribution < -0.4 is 16.6 Å². The molecule has 6 heteroatoms. The number of nitrogens with zero attached hydrogens (tertiary/aromatic N) is 2. The maximum absolute atomic E-state index is 12.3. The molecule has 126 valence electrons. The van der Waals surface area contributed by atoms with Gasteiger partial charge in [-0.05, 0) is 37.2 Å². The number of benzene rings is 1. The molecule has 1 spiro atoms. The quantitative estimate of drug-likeness (QED) is 0.878. The molecule has 3 N–H and O–H groups in total. The molecular weight excluding hydrogens is 304 g/mol. The average molecular weight is 326 g/mol. The molecule has 1 aromatic carbocycles. The molecule has 24 heavy (non-hydrogen) atoms. The first-order valence-electron chi connectivity index (χ1n) is 8.55. The van der Waals surface area contributed by atoms with Gasteiger partial charge in [-0.1, -0.05) is 18.2 Å². The Bertz CT molecular complexity index is 830. The summed E-state index contributed by atoms with van der Waals surface area (Å²) in [7, 11) is 0. The van der Waals surface area contributed by atoms with Gasteiger partial charge in [0.25, 0.3) is 5.56 Å². The number of aromatic nitrogens is 2. The van der Waals surface area contributed by atoms with E-state index in [1.165, 1.54) is 4.68 Å². The number of nitrogens with two attached hydrogens (primary N) is 1. The maximum atomic E-state index is 12.3. The van der Waals surface area contributed by atoms with E-state index in [1.54, 1.807) is 12.3 Å². The van der Waals surface area contributed by atoms with Crippen molar-refractivity contribution >= 4 is 16.7 Å². The summed E-state index contributed by atoms with van der Waals surface area (Å²) < 4.78 is 1.41. The largest absolute Gasteiger partial charge is 0.354 e. The zero-order chi connectivity index (χ0) is 16.7. The smallest absolute Gasteiger partial charge is 0.274 e. The van der Waals surface area contributed by atoms with Crippen LogP contribution in [0.25, 0.3) is 10.8 Å². The first-order chi connectivity index (χ1) is 11.6. The van der Waals surface area contributed by atoms with E-state index in [4.69, 9.17) is 5.73 Å². The van der Waals surface area contributed by atoms with E-state index in [2.05, 4.69) is 10.4 Å². The zero-order valence-corrected chi connectivity index (χ0v) is 13.6. The number of carbonyl (C=O) groups is 1. The van der Waals surface area contributed by atoms with E-state index >= 15 is 0 Å².